The van der Waals surface area contributed by atoms with E-state index in [1.54, 1.807) is 25.3 Å². The molecule has 1 rings (SSSR count). The van der Waals surface area contributed by atoms with Crippen molar-refractivity contribution in [3.05, 3.63) is 28.3 Å². The maximum absolute atomic E-state index is 11.4. The van der Waals surface area contributed by atoms with Crippen molar-refractivity contribution in [2.45, 2.75) is 39.8 Å². The van der Waals surface area contributed by atoms with Crippen LogP contribution in [0.5, 0.6) is 5.75 Å². The Kier molecular flexibility index (Phi) is 6.42. The average Bonchev–Trinajstić information content (AvgIpc) is 2.37. The first-order valence-corrected chi connectivity index (χ1v) is 7.06. The molecule has 0 bridgehead atoms. The lowest BCUT2D eigenvalue weighted by atomic mass is 10.0. The van der Waals surface area contributed by atoms with E-state index >= 15 is 0 Å². The Labute approximate surface area is 125 Å². The maximum Gasteiger partial charge on any atom is 0.333 e. The minimum absolute atomic E-state index is 0.0111. The van der Waals surface area contributed by atoms with E-state index in [9.17, 15) is 10.1 Å². The van der Waals surface area contributed by atoms with Crippen LogP contribution < -0.4 is 10.1 Å². The molecule has 0 aliphatic carbocycles. The fourth-order valence-corrected chi connectivity index (χ4v) is 1.96. The fraction of sp³-hybridized carbons (Fsp3) is 0.600. The third-order valence-electron chi connectivity index (χ3n) is 3.04. The number of hydrogen-bond donors (Lipinski definition) is 1. The van der Waals surface area contributed by atoms with Gasteiger partial charge in [-0.05, 0) is 31.9 Å². The molecule has 0 amide bonds. The molecule has 0 heterocycles. The lowest BCUT2D eigenvalue weighted by molar-refractivity contribution is -0.385. The summed E-state index contributed by atoms with van der Waals surface area (Å²) in [5.41, 5.74) is 0.418. The number of nitro groups is 1. The van der Waals surface area contributed by atoms with Crippen molar-refractivity contribution in [3.8, 4) is 5.75 Å². The Morgan fingerprint density at radius 2 is 1.95 bits per heavy atom. The molecule has 0 saturated carbocycles. The van der Waals surface area contributed by atoms with Gasteiger partial charge in [0.25, 0.3) is 0 Å². The monoisotopic (exact) mass is 296 g/mol. The number of ether oxygens (including phenoxy) is 2. The number of para-hydroxylation sites is 1. The van der Waals surface area contributed by atoms with E-state index in [1.165, 1.54) is 0 Å². The molecule has 0 saturated heterocycles. The largest absolute Gasteiger partial charge is 0.484 e. The number of nitrogens with one attached hydrogen (secondary N) is 1. The van der Waals surface area contributed by atoms with Crippen molar-refractivity contribution < 1.29 is 14.4 Å². The Morgan fingerprint density at radius 1 is 1.29 bits per heavy atom. The van der Waals surface area contributed by atoms with Crippen LogP contribution in [0.25, 0.3) is 0 Å². The Hall–Kier alpha value is -1.82. The first-order chi connectivity index (χ1) is 9.86. The minimum atomic E-state index is -0.412. The van der Waals surface area contributed by atoms with Gasteiger partial charge in [0.05, 0.1) is 23.7 Å². The highest BCUT2D eigenvalue weighted by molar-refractivity contribution is 5.68. The Morgan fingerprint density at radius 3 is 2.43 bits per heavy atom. The molecule has 1 aromatic carbocycles. The molecule has 1 atom stereocenters. The summed E-state index contributed by atoms with van der Waals surface area (Å²) in [4.78, 5) is 11.0. The summed E-state index contributed by atoms with van der Waals surface area (Å²) in [6.45, 7) is 8.23. The number of nitrogens with zero attached hydrogens (tertiary/aromatic N) is 1. The molecule has 6 heteroatoms. The predicted molar refractivity (Wildman–Crippen MR) is 83.0 cm³/mol. The van der Waals surface area contributed by atoms with E-state index in [0.29, 0.717) is 12.3 Å². The van der Waals surface area contributed by atoms with Gasteiger partial charge in [0.15, 0.2) is 5.75 Å². The van der Waals surface area contributed by atoms with Crippen LogP contribution in [0, 0.1) is 16.0 Å². The lowest BCUT2D eigenvalue weighted by Gasteiger charge is -2.23. The van der Waals surface area contributed by atoms with Gasteiger partial charge >= 0.3 is 5.69 Å². The van der Waals surface area contributed by atoms with Gasteiger partial charge in [-0.15, -0.1) is 0 Å². The normalized spacial score (nSPS) is 12.5. The van der Waals surface area contributed by atoms with Gasteiger partial charge in [-0.3, -0.25) is 10.1 Å². The summed E-state index contributed by atoms with van der Waals surface area (Å²) in [7, 11) is 1.61. The highest BCUT2D eigenvalue weighted by Gasteiger charge is 2.24. The summed E-state index contributed by atoms with van der Waals surface area (Å²) in [6.07, 6.45) is -0.126. The molecule has 0 spiro atoms. The minimum Gasteiger partial charge on any atom is -0.484 e. The van der Waals surface area contributed by atoms with E-state index in [4.69, 9.17) is 9.47 Å². The number of benzene rings is 1. The van der Waals surface area contributed by atoms with Crippen LogP contribution >= 0.6 is 0 Å². The maximum atomic E-state index is 11.4. The third kappa shape index (κ3) is 4.90. The molecule has 0 aromatic heterocycles. The lowest BCUT2D eigenvalue weighted by Crippen LogP contribution is -2.30. The van der Waals surface area contributed by atoms with Gasteiger partial charge < -0.3 is 14.8 Å². The number of anilines is 1. The molecule has 0 aliphatic rings. The molecular weight excluding hydrogens is 272 g/mol. The second-order valence-electron chi connectivity index (χ2n) is 5.53. The van der Waals surface area contributed by atoms with Gasteiger partial charge in [-0.1, -0.05) is 19.9 Å². The van der Waals surface area contributed by atoms with Crippen LogP contribution in [0.1, 0.15) is 27.7 Å². The van der Waals surface area contributed by atoms with Gasteiger partial charge in [-0.25, -0.2) is 0 Å². The predicted octanol–water partition coefficient (Wildman–Crippen LogP) is 3.46. The van der Waals surface area contributed by atoms with Crippen LogP contribution in [0.15, 0.2) is 18.2 Å². The van der Waals surface area contributed by atoms with E-state index in [-0.39, 0.29) is 29.5 Å². The van der Waals surface area contributed by atoms with E-state index in [0.717, 1.165) is 0 Å². The molecule has 1 unspecified atom stereocenters. The Bertz CT molecular complexity index is 475. The molecule has 1 aromatic rings. The van der Waals surface area contributed by atoms with Gasteiger partial charge in [0.2, 0.25) is 0 Å². The molecule has 6 nitrogen and oxygen atoms in total. The van der Waals surface area contributed by atoms with Crippen molar-refractivity contribution in [2.24, 2.45) is 5.92 Å². The zero-order valence-corrected chi connectivity index (χ0v) is 13.3. The fourth-order valence-electron chi connectivity index (χ4n) is 1.96. The molecular formula is C15H24N2O4. The quantitative estimate of drug-likeness (QED) is 0.587. The molecule has 21 heavy (non-hydrogen) atoms. The third-order valence-corrected chi connectivity index (χ3v) is 3.04. The number of methoxy groups -OCH3 is 1. The molecule has 0 radical (unpaired) electrons. The van der Waals surface area contributed by atoms with Crippen molar-refractivity contribution >= 4 is 11.4 Å². The number of nitro benzene ring substituents is 1. The van der Waals surface area contributed by atoms with Gasteiger partial charge in [-0.2, -0.15) is 0 Å². The summed E-state index contributed by atoms with van der Waals surface area (Å²) < 4.78 is 10.7. The second kappa shape index (κ2) is 7.83. The standard InChI is InChI=1S/C15H24N2O4/c1-10(2)13(9-20-5)16-12-7-6-8-14(21-11(3)4)15(12)17(18)19/h6-8,10-11,13,16H,9H2,1-5H3. The van der Waals surface area contributed by atoms with E-state index in [1.807, 2.05) is 27.7 Å². The average molecular weight is 296 g/mol. The Balaban J connectivity index is 3.13. The van der Waals surface area contributed by atoms with Crippen molar-refractivity contribution in [1.82, 2.24) is 0 Å². The van der Waals surface area contributed by atoms with Crippen molar-refractivity contribution in [3.63, 3.8) is 0 Å². The molecule has 0 fully saturated rings. The zero-order valence-electron chi connectivity index (χ0n) is 13.3. The highest BCUT2D eigenvalue weighted by atomic mass is 16.6. The van der Waals surface area contributed by atoms with Crippen LogP contribution in [0.3, 0.4) is 0 Å². The summed E-state index contributed by atoms with van der Waals surface area (Å²) >= 11 is 0. The van der Waals surface area contributed by atoms with Gasteiger partial charge in [0, 0.05) is 7.11 Å². The molecule has 0 aliphatic heterocycles. The van der Waals surface area contributed by atoms with Crippen molar-refractivity contribution in [2.75, 3.05) is 19.0 Å². The summed E-state index contributed by atoms with van der Waals surface area (Å²) in [6, 6.07) is 5.04. The SMILES string of the molecule is COCC(Nc1cccc(OC(C)C)c1[N+](=O)[O-])C(C)C. The smallest absolute Gasteiger partial charge is 0.333 e. The first kappa shape index (κ1) is 17.2. The molecule has 118 valence electrons. The summed E-state index contributed by atoms with van der Waals surface area (Å²) in [5, 5.41) is 14.6. The second-order valence-corrected chi connectivity index (χ2v) is 5.53. The van der Waals surface area contributed by atoms with Crippen LogP contribution in [-0.4, -0.2) is 30.8 Å². The van der Waals surface area contributed by atoms with Gasteiger partial charge in [0.1, 0.15) is 5.69 Å². The number of rotatable bonds is 8. The summed E-state index contributed by atoms with van der Waals surface area (Å²) in [5.74, 6) is 0.555. The van der Waals surface area contributed by atoms with Crippen LogP contribution in [-0.2, 0) is 4.74 Å². The number of hydrogen-bond acceptors (Lipinski definition) is 5. The molecule has 1 N–H and O–H groups in total. The highest BCUT2D eigenvalue weighted by Crippen LogP contribution is 2.36. The van der Waals surface area contributed by atoms with Crippen molar-refractivity contribution in [1.29, 1.82) is 0 Å². The topological polar surface area (TPSA) is 73.6 Å². The van der Waals surface area contributed by atoms with E-state index in [2.05, 4.69) is 5.32 Å². The zero-order chi connectivity index (χ0) is 16.0. The first-order valence-electron chi connectivity index (χ1n) is 7.06. The van der Waals surface area contributed by atoms with Crippen LogP contribution in [0.4, 0.5) is 11.4 Å². The van der Waals surface area contributed by atoms with Crippen LogP contribution in [0.2, 0.25) is 0 Å². The van der Waals surface area contributed by atoms with E-state index < -0.39 is 4.92 Å².